The van der Waals surface area contributed by atoms with Gasteiger partial charge in [-0.2, -0.15) is 0 Å². The van der Waals surface area contributed by atoms with E-state index in [1.807, 2.05) is 4.90 Å². The summed E-state index contributed by atoms with van der Waals surface area (Å²) in [6, 6.07) is -0.0160. The smallest absolute Gasteiger partial charge is 0.239 e. The molecule has 0 spiro atoms. The predicted octanol–water partition coefficient (Wildman–Crippen LogP) is 1.40. The van der Waals surface area contributed by atoms with Crippen molar-refractivity contribution in [2.24, 2.45) is 5.92 Å². The molecule has 0 saturated carbocycles. The summed E-state index contributed by atoms with van der Waals surface area (Å²) < 4.78 is 5.29. The molecule has 4 heteroatoms. The molecule has 0 bridgehead atoms. The first-order chi connectivity index (χ1) is 8.74. The maximum atomic E-state index is 12.3. The van der Waals surface area contributed by atoms with E-state index >= 15 is 0 Å². The van der Waals surface area contributed by atoms with Gasteiger partial charge in [0, 0.05) is 26.7 Å². The highest BCUT2D eigenvalue weighted by atomic mass is 16.5. The molecule has 2 aliphatic heterocycles. The average molecular weight is 254 g/mol. The molecule has 0 radical (unpaired) electrons. The number of nitrogens with one attached hydrogen (secondary N) is 1. The van der Waals surface area contributed by atoms with Crippen molar-refractivity contribution in [1.29, 1.82) is 0 Å². The molecule has 0 aromatic rings. The molecule has 2 unspecified atom stereocenters. The number of ether oxygens (including phenoxy) is 1. The number of hydrogen-bond donors (Lipinski definition) is 1. The van der Waals surface area contributed by atoms with Gasteiger partial charge in [0.15, 0.2) is 0 Å². The fourth-order valence-electron chi connectivity index (χ4n) is 3.14. The van der Waals surface area contributed by atoms with Crippen molar-refractivity contribution in [3.05, 3.63) is 0 Å². The average Bonchev–Trinajstić information content (AvgIpc) is 2.88. The van der Waals surface area contributed by atoms with Gasteiger partial charge in [0.2, 0.25) is 5.91 Å². The van der Waals surface area contributed by atoms with Gasteiger partial charge in [-0.3, -0.25) is 4.79 Å². The third kappa shape index (κ3) is 3.23. The van der Waals surface area contributed by atoms with E-state index in [4.69, 9.17) is 4.74 Å². The van der Waals surface area contributed by atoms with Crippen molar-refractivity contribution in [2.75, 3.05) is 26.7 Å². The maximum absolute atomic E-state index is 12.3. The Morgan fingerprint density at radius 2 is 2.11 bits per heavy atom. The van der Waals surface area contributed by atoms with Crippen LogP contribution in [-0.2, 0) is 9.53 Å². The number of rotatable bonds is 4. The van der Waals surface area contributed by atoms with Gasteiger partial charge >= 0.3 is 0 Å². The summed E-state index contributed by atoms with van der Waals surface area (Å²) in [7, 11) is 1.72. The number of methoxy groups -OCH3 is 1. The van der Waals surface area contributed by atoms with Crippen LogP contribution in [0, 0.1) is 5.92 Å². The van der Waals surface area contributed by atoms with Crippen LogP contribution in [-0.4, -0.2) is 49.7 Å². The lowest BCUT2D eigenvalue weighted by atomic mass is 9.92. The van der Waals surface area contributed by atoms with Gasteiger partial charge in [-0.1, -0.05) is 19.8 Å². The Balaban J connectivity index is 1.77. The number of carbonyl (C=O) groups excluding carboxylic acids is 1. The highest BCUT2D eigenvalue weighted by Gasteiger charge is 2.33. The van der Waals surface area contributed by atoms with E-state index in [0.717, 1.165) is 32.0 Å². The van der Waals surface area contributed by atoms with Gasteiger partial charge in [0.25, 0.3) is 0 Å². The first-order valence-corrected chi connectivity index (χ1v) is 7.29. The van der Waals surface area contributed by atoms with Gasteiger partial charge in [-0.05, 0) is 25.2 Å². The molecule has 2 heterocycles. The quantitative estimate of drug-likeness (QED) is 0.824. The summed E-state index contributed by atoms with van der Waals surface area (Å²) >= 11 is 0. The zero-order chi connectivity index (χ0) is 13.0. The first-order valence-electron chi connectivity index (χ1n) is 7.29. The monoisotopic (exact) mass is 254 g/mol. The van der Waals surface area contributed by atoms with Gasteiger partial charge in [0.1, 0.15) is 0 Å². The van der Waals surface area contributed by atoms with E-state index in [2.05, 4.69) is 12.2 Å². The number of likely N-dealkylation sites (tertiary alicyclic amines) is 1. The van der Waals surface area contributed by atoms with E-state index in [-0.39, 0.29) is 18.1 Å². The maximum Gasteiger partial charge on any atom is 0.239 e. The molecule has 0 aliphatic carbocycles. The zero-order valence-electron chi connectivity index (χ0n) is 11.7. The Hall–Kier alpha value is -0.610. The van der Waals surface area contributed by atoms with E-state index in [1.54, 1.807) is 7.11 Å². The molecule has 2 fully saturated rings. The largest absolute Gasteiger partial charge is 0.380 e. The van der Waals surface area contributed by atoms with Gasteiger partial charge in [0.05, 0.1) is 12.1 Å². The van der Waals surface area contributed by atoms with Crippen LogP contribution in [0.1, 0.15) is 39.0 Å². The van der Waals surface area contributed by atoms with Crippen LogP contribution < -0.4 is 5.32 Å². The van der Waals surface area contributed by atoms with Crippen LogP contribution in [0.3, 0.4) is 0 Å². The summed E-state index contributed by atoms with van der Waals surface area (Å²) in [4.78, 5) is 14.4. The number of carbonyl (C=O) groups is 1. The summed E-state index contributed by atoms with van der Waals surface area (Å²) in [5.74, 6) is 1.12. The summed E-state index contributed by atoms with van der Waals surface area (Å²) in [5.41, 5.74) is 0. The molecule has 0 aromatic carbocycles. The number of piperidine rings is 1. The second-order valence-corrected chi connectivity index (χ2v) is 5.61. The van der Waals surface area contributed by atoms with Gasteiger partial charge in [-0.15, -0.1) is 0 Å². The third-order valence-electron chi connectivity index (χ3n) is 4.35. The van der Waals surface area contributed by atoms with Crippen molar-refractivity contribution in [1.82, 2.24) is 10.2 Å². The minimum atomic E-state index is -0.0160. The first kappa shape index (κ1) is 13.8. The molecule has 1 N–H and O–H groups in total. The lowest BCUT2D eigenvalue weighted by Crippen LogP contribution is -2.47. The van der Waals surface area contributed by atoms with Crippen LogP contribution >= 0.6 is 0 Å². The highest BCUT2D eigenvalue weighted by molar-refractivity contribution is 5.82. The highest BCUT2D eigenvalue weighted by Crippen LogP contribution is 2.23. The standard InChI is InChI=1S/C14H26N2O2/c1-3-4-11-5-7-16(8-6-11)14(17)13-9-12(18-2)10-15-13/h11-13,15H,3-10H2,1-2H3. The molecule has 0 aromatic heterocycles. The van der Waals surface area contributed by atoms with Crippen molar-refractivity contribution < 1.29 is 9.53 Å². The van der Waals surface area contributed by atoms with Crippen LogP contribution in [0.25, 0.3) is 0 Å². The minimum Gasteiger partial charge on any atom is -0.380 e. The predicted molar refractivity (Wildman–Crippen MR) is 71.4 cm³/mol. The Bertz CT molecular complexity index is 275. The fraction of sp³-hybridized carbons (Fsp3) is 0.929. The summed E-state index contributed by atoms with van der Waals surface area (Å²) in [5, 5.41) is 3.27. The van der Waals surface area contributed by atoms with Crippen molar-refractivity contribution in [3.8, 4) is 0 Å². The SMILES string of the molecule is CCCC1CCN(C(=O)C2CC(OC)CN2)CC1. The molecule has 2 rings (SSSR count). The Labute approximate surface area is 110 Å². The van der Waals surface area contributed by atoms with Crippen LogP contribution in [0.5, 0.6) is 0 Å². The number of amides is 1. The number of hydrogen-bond acceptors (Lipinski definition) is 3. The summed E-state index contributed by atoms with van der Waals surface area (Å²) in [6.07, 6.45) is 5.97. The van der Waals surface area contributed by atoms with E-state index in [0.29, 0.717) is 0 Å². The Morgan fingerprint density at radius 1 is 1.39 bits per heavy atom. The van der Waals surface area contributed by atoms with Gasteiger partial charge < -0.3 is 15.0 Å². The zero-order valence-corrected chi connectivity index (χ0v) is 11.7. The molecular weight excluding hydrogens is 228 g/mol. The topological polar surface area (TPSA) is 41.6 Å². The van der Waals surface area contributed by atoms with E-state index in [1.165, 1.54) is 25.7 Å². The normalized spacial score (nSPS) is 29.8. The summed E-state index contributed by atoms with van der Waals surface area (Å²) in [6.45, 7) is 4.93. The molecule has 2 saturated heterocycles. The molecular formula is C14H26N2O2. The lowest BCUT2D eigenvalue weighted by Gasteiger charge is -2.33. The van der Waals surface area contributed by atoms with Crippen LogP contribution in [0.2, 0.25) is 0 Å². The molecule has 2 aliphatic rings. The Morgan fingerprint density at radius 3 is 2.67 bits per heavy atom. The van der Waals surface area contributed by atoms with Gasteiger partial charge in [-0.25, -0.2) is 0 Å². The molecule has 104 valence electrons. The van der Waals surface area contributed by atoms with E-state index in [9.17, 15) is 4.79 Å². The molecule has 4 nitrogen and oxygen atoms in total. The van der Waals surface area contributed by atoms with E-state index < -0.39 is 0 Å². The lowest BCUT2D eigenvalue weighted by molar-refractivity contribution is -0.134. The van der Waals surface area contributed by atoms with Crippen molar-refractivity contribution >= 4 is 5.91 Å². The molecule has 2 atom stereocenters. The number of nitrogens with zero attached hydrogens (tertiary/aromatic N) is 1. The minimum absolute atomic E-state index is 0.0160. The second-order valence-electron chi connectivity index (χ2n) is 5.61. The van der Waals surface area contributed by atoms with Crippen molar-refractivity contribution in [2.45, 2.75) is 51.2 Å². The van der Waals surface area contributed by atoms with Crippen LogP contribution in [0.4, 0.5) is 0 Å². The van der Waals surface area contributed by atoms with Crippen LogP contribution in [0.15, 0.2) is 0 Å². The molecule has 1 amide bonds. The Kier molecular flexibility index (Phi) is 5.01. The third-order valence-corrected chi connectivity index (χ3v) is 4.35. The fourth-order valence-corrected chi connectivity index (χ4v) is 3.14. The molecule has 18 heavy (non-hydrogen) atoms. The van der Waals surface area contributed by atoms with Crippen molar-refractivity contribution in [3.63, 3.8) is 0 Å². The second kappa shape index (κ2) is 6.53.